The highest BCUT2D eigenvalue weighted by Crippen LogP contribution is 2.27. The van der Waals surface area contributed by atoms with Crippen LogP contribution in [0.4, 0.5) is 0 Å². The fourth-order valence-electron chi connectivity index (χ4n) is 2.11. The first-order valence-corrected chi connectivity index (χ1v) is 7.70. The number of rotatable bonds is 3. The molecule has 18 heavy (non-hydrogen) atoms. The molecular formula is C14H23N3S. The smallest absolute Gasteiger partial charge is 0.138 e. The van der Waals surface area contributed by atoms with Gasteiger partial charge in [0.15, 0.2) is 0 Å². The molecule has 0 amide bonds. The van der Waals surface area contributed by atoms with Crippen LogP contribution in [0.25, 0.3) is 0 Å². The zero-order chi connectivity index (χ0) is 13.2. The summed E-state index contributed by atoms with van der Waals surface area (Å²) in [6.45, 7) is 10.9. The van der Waals surface area contributed by atoms with Crippen molar-refractivity contribution in [3.05, 3.63) is 22.8 Å². The number of aryl methyl sites for hydroxylation is 1. The van der Waals surface area contributed by atoms with Gasteiger partial charge >= 0.3 is 0 Å². The number of fused-ring (bicyclic) bond motifs is 1. The molecule has 0 unspecified atom stereocenters. The van der Waals surface area contributed by atoms with Gasteiger partial charge in [-0.05, 0) is 6.42 Å². The molecule has 2 heterocycles. The van der Waals surface area contributed by atoms with Crippen LogP contribution in [0.1, 0.15) is 50.5 Å². The highest BCUT2D eigenvalue weighted by Gasteiger charge is 2.18. The Kier molecular flexibility index (Phi) is 4.28. The zero-order valence-corrected chi connectivity index (χ0v) is 12.7. The molecule has 1 aromatic heterocycles. The summed E-state index contributed by atoms with van der Waals surface area (Å²) >= 11 is 1.92. The van der Waals surface area contributed by atoms with Crippen molar-refractivity contribution in [1.82, 2.24) is 15.3 Å². The van der Waals surface area contributed by atoms with Crippen molar-refractivity contribution in [2.75, 3.05) is 6.54 Å². The molecule has 0 aliphatic carbocycles. The molecule has 0 saturated carbocycles. The predicted molar refractivity (Wildman–Crippen MR) is 77.9 cm³/mol. The van der Waals surface area contributed by atoms with Crippen LogP contribution in [0.15, 0.2) is 0 Å². The van der Waals surface area contributed by atoms with Crippen LogP contribution in [-0.2, 0) is 25.1 Å². The fraction of sp³-hybridized carbons (Fsp3) is 0.714. The maximum atomic E-state index is 4.75. The molecule has 0 radical (unpaired) electrons. The van der Waals surface area contributed by atoms with Crippen LogP contribution in [-0.4, -0.2) is 21.3 Å². The number of aromatic nitrogens is 2. The first-order chi connectivity index (χ1) is 8.49. The summed E-state index contributed by atoms with van der Waals surface area (Å²) in [7, 11) is 0. The molecule has 0 aromatic carbocycles. The van der Waals surface area contributed by atoms with Gasteiger partial charge in [-0.15, -0.1) is 11.8 Å². The molecule has 0 spiro atoms. The Balaban J connectivity index is 2.21. The number of thioether (sulfide) groups is 1. The van der Waals surface area contributed by atoms with Gasteiger partial charge in [0.05, 0.1) is 11.4 Å². The van der Waals surface area contributed by atoms with E-state index in [0.717, 1.165) is 37.5 Å². The highest BCUT2D eigenvalue weighted by molar-refractivity contribution is 7.99. The van der Waals surface area contributed by atoms with E-state index in [1.54, 1.807) is 0 Å². The van der Waals surface area contributed by atoms with Crippen molar-refractivity contribution < 1.29 is 0 Å². The minimum Gasteiger partial charge on any atom is -0.312 e. The van der Waals surface area contributed by atoms with E-state index in [4.69, 9.17) is 9.97 Å². The number of nitrogens with one attached hydrogen (secondary N) is 1. The zero-order valence-electron chi connectivity index (χ0n) is 11.8. The molecular weight excluding hydrogens is 242 g/mol. The number of nitrogens with zero attached hydrogens (tertiary/aromatic N) is 2. The second-order valence-corrected chi connectivity index (χ2v) is 7.50. The van der Waals surface area contributed by atoms with E-state index >= 15 is 0 Å². The molecule has 1 aliphatic heterocycles. The van der Waals surface area contributed by atoms with Crippen molar-refractivity contribution in [1.29, 1.82) is 0 Å². The molecule has 0 saturated heterocycles. The van der Waals surface area contributed by atoms with Gasteiger partial charge in [0, 0.05) is 35.5 Å². The molecule has 4 heteroatoms. The lowest BCUT2D eigenvalue weighted by Crippen LogP contribution is -2.27. The van der Waals surface area contributed by atoms with E-state index in [1.807, 2.05) is 11.8 Å². The molecule has 0 bridgehead atoms. The topological polar surface area (TPSA) is 37.8 Å². The number of hydrogen-bond donors (Lipinski definition) is 1. The lowest BCUT2D eigenvalue weighted by atomic mass is 10.0. The highest BCUT2D eigenvalue weighted by atomic mass is 32.2. The average molecular weight is 265 g/mol. The Hall–Kier alpha value is -0.610. The molecule has 100 valence electrons. The van der Waals surface area contributed by atoms with Gasteiger partial charge in [0.25, 0.3) is 0 Å². The predicted octanol–water partition coefficient (Wildman–Crippen LogP) is 2.72. The summed E-state index contributed by atoms with van der Waals surface area (Å²) in [5, 5.41) is 3.41. The summed E-state index contributed by atoms with van der Waals surface area (Å²) in [5.41, 5.74) is 3.84. The van der Waals surface area contributed by atoms with Crippen molar-refractivity contribution in [2.45, 2.75) is 57.6 Å². The quantitative estimate of drug-likeness (QED) is 0.912. The minimum absolute atomic E-state index is 0.271. The Morgan fingerprint density at radius 2 is 2.06 bits per heavy atom. The monoisotopic (exact) mass is 265 g/mol. The van der Waals surface area contributed by atoms with E-state index in [1.165, 1.54) is 17.0 Å². The Morgan fingerprint density at radius 1 is 1.28 bits per heavy atom. The van der Waals surface area contributed by atoms with Crippen LogP contribution in [0.2, 0.25) is 0 Å². The fourth-order valence-corrected chi connectivity index (χ4v) is 2.80. The largest absolute Gasteiger partial charge is 0.312 e. The standard InChI is InChI=1S/C14H23N3S/c1-5-11-10-8-15-7-6-12(10)17-13(16-11)9-18-14(2,3)4/h15H,5-9H2,1-4H3. The first kappa shape index (κ1) is 13.8. The maximum absolute atomic E-state index is 4.75. The van der Waals surface area contributed by atoms with E-state index < -0.39 is 0 Å². The van der Waals surface area contributed by atoms with Crippen molar-refractivity contribution in [3.8, 4) is 0 Å². The van der Waals surface area contributed by atoms with Crippen LogP contribution in [0.5, 0.6) is 0 Å². The third-order valence-corrected chi connectivity index (χ3v) is 4.30. The molecule has 3 nitrogen and oxygen atoms in total. The third-order valence-electron chi connectivity index (χ3n) is 3.03. The van der Waals surface area contributed by atoms with E-state index in [2.05, 4.69) is 33.0 Å². The molecule has 1 aromatic rings. The summed E-state index contributed by atoms with van der Waals surface area (Å²) in [6.07, 6.45) is 2.04. The van der Waals surface area contributed by atoms with Crippen LogP contribution in [0, 0.1) is 0 Å². The lowest BCUT2D eigenvalue weighted by Gasteiger charge is -2.21. The van der Waals surface area contributed by atoms with E-state index in [-0.39, 0.29) is 4.75 Å². The van der Waals surface area contributed by atoms with Crippen LogP contribution >= 0.6 is 11.8 Å². The van der Waals surface area contributed by atoms with Gasteiger partial charge in [0.2, 0.25) is 0 Å². The second kappa shape index (κ2) is 5.57. The third kappa shape index (κ3) is 3.45. The summed E-state index contributed by atoms with van der Waals surface area (Å²) in [4.78, 5) is 9.49. The van der Waals surface area contributed by atoms with Gasteiger partial charge in [-0.1, -0.05) is 27.7 Å². The average Bonchev–Trinajstić information content (AvgIpc) is 2.34. The van der Waals surface area contributed by atoms with E-state index in [0.29, 0.717) is 0 Å². The SMILES string of the molecule is CCc1nc(CSC(C)(C)C)nc2c1CNCC2. The molecule has 1 N–H and O–H groups in total. The molecule has 1 aliphatic rings. The lowest BCUT2D eigenvalue weighted by molar-refractivity contribution is 0.613. The molecule has 0 atom stereocenters. The minimum atomic E-state index is 0.271. The van der Waals surface area contributed by atoms with Crippen molar-refractivity contribution in [2.24, 2.45) is 0 Å². The summed E-state index contributed by atoms with van der Waals surface area (Å²) < 4.78 is 0.271. The van der Waals surface area contributed by atoms with Crippen molar-refractivity contribution >= 4 is 11.8 Å². The molecule has 0 fully saturated rings. The first-order valence-electron chi connectivity index (χ1n) is 6.72. The van der Waals surface area contributed by atoms with Crippen LogP contribution in [0.3, 0.4) is 0 Å². The Bertz CT molecular complexity index is 407. The van der Waals surface area contributed by atoms with Gasteiger partial charge in [-0.25, -0.2) is 9.97 Å². The van der Waals surface area contributed by atoms with Crippen LogP contribution < -0.4 is 5.32 Å². The van der Waals surface area contributed by atoms with Gasteiger partial charge < -0.3 is 5.32 Å². The van der Waals surface area contributed by atoms with Gasteiger partial charge in [-0.2, -0.15) is 0 Å². The second-order valence-electron chi connectivity index (χ2n) is 5.69. The van der Waals surface area contributed by atoms with Gasteiger partial charge in [0.1, 0.15) is 5.82 Å². The van der Waals surface area contributed by atoms with Gasteiger partial charge in [-0.3, -0.25) is 0 Å². The maximum Gasteiger partial charge on any atom is 0.138 e. The number of hydrogen-bond acceptors (Lipinski definition) is 4. The normalized spacial score (nSPS) is 15.6. The summed E-state index contributed by atoms with van der Waals surface area (Å²) in [6, 6.07) is 0. The Labute approximate surface area is 114 Å². The summed E-state index contributed by atoms with van der Waals surface area (Å²) in [5.74, 6) is 1.92. The van der Waals surface area contributed by atoms with E-state index in [9.17, 15) is 0 Å². The molecule has 2 rings (SSSR count). The Morgan fingerprint density at radius 3 is 2.72 bits per heavy atom. The van der Waals surface area contributed by atoms with Crippen molar-refractivity contribution in [3.63, 3.8) is 0 Å².